The van der Waals surface area contributed by atoms with Gasteiger partial charge in [-0.1, -0.05) is 31.0 Å². The number of esters is 1. The number of carbonyl (C=O) groups is 1. The highest BCUT2D eigenvalue weighted by molar-refractivity contribution is 6.31. The molecule has 0 amide bonds. The third-order valence-electron chi connectivity index (χ3n) is 4.42. The van der Waals surface area contributed by atoms with Crippen LogP contribution in [0.25, 0.3) is 11.2 Å². The van der Waals surface area contributed by atoms with Crippen LogP contribution in [-0.4, -0.2) is 34.2 Å². The van der Waals surface area contributed by atoms with Crippen molar-refractivity contribution in [3.8, 4) is 0 Å². The first kappa shape index (κ1) is 19.2. The summed E-state index contributed by atoms with van der Waals surface area (Å²) in [5.41, 5.74) is 3.60. The molecule has 2 aromatic heterocycles. The third kappa shape index (κ3) is 4.22. The molecule has 0 radical (unpaired) electrons. The second kappa shape index (κ2) is 8.39. The highest BCUT2D eigenvalue weighted by Crippen LogP contribution is 2.24. The number of benzene rings is 1. The lowest BCUT2D eigenvalue weighted by atomic mass is 10.2. The average molecular weight is 387 g/mol. The number of aromatic nitrogens is 3. The van der Waals surface area contributed by atoms with E-state index in [0.717, 1.165) is 42.0 Å². The van der Waals surface area contributed by atoms with Crippen LogP contribution < -0.4 is 5.32 Å². The lowest BCUT2D eigenvalue weighted by Gasteiger charge is -2.11. The predicted molar refractivity (Wildman–Crippen MR) is 108 cm³/mol. The lowest BCUT2D eigenvalue weighted by Crippen LogP contribution is -2.08. The number of methoxy groups -OCH3 is 1. The number of rotatable bonds is 7. The zero-order valence-corrected chi connectivity index (χ0v) is 16.5. The van der Waals surface area contributed by atoms with Crippen molar-refractivity contribution in [3.63, 3.8) is 0 Å². The Morgan fingerprint density at radius 2 is 2.07 bits per heavy atom. The first-order valence-electron chi connectivity index (χ1n) is 8.98. The first-order valence-corrected chi connectivity index (χ1v) is 9.35. The predicted octanol–water partition coefficient (Wildman–Crippen LogP) is 4.44. The van der Waals surface area contributed by atoms with Crippen molar-refractivity contribution in [3.05, 3.63) is 52.4 Å². The Morgan fingerprint density at radius 3 is 2.78 bits per heavy atom. The zero-order chi connectivity index (χ0) is 19.4. The van der Waals surface area contributed by atoms with Crippen molar-refractivity contribution in [2.75, 3.05) is 19.0 Å². The minimum absolute atomic E-state index is 0.257. The molecule has 1 aromatic carbocycles. The Morgan fingerprint density at radius 1 is 1.26 bits per heavy atom. The van der Waals surface area contributed by atoms with Crippen LogP contribution >= 0.6 is 11.6 Å². The van der Waals surface area contributed by atoms with Crippen molar-refractivity contribution in [2.24, 2.45) is 0 Å². The second-order valence-corrected chi connectivity index (χ2v) is 6.77. The smallest absolute Gasteiger partial charge is 0.356 e. The van der Waals surface area contributed by atoms with Gasteiger partial charge in [-0.25, -0.2) is 14.8 Å². The van der Waals surface area contributed by atoms with Crippen LogP contribution in [0.5, 0.6) is 0 Å². The van der Waals surface area contributed by atoms with Gasteiger partial charge in [0.2, 0.25) is 0 Å². The van der Waals surface area contributed by atoms with Crippen molar-refractivity contribution >= 4 is 34.4 Å². The highest BCUT2D eigenvalue weighted by atomic mass is 35.5. The van der Waals surface area contributed by atoms with E-state index in [2.05, 4.69) is 22.2 Å². The van der Waals surface area contributed by atoms with Gasteiger partial charge in [-0.15, -0.1) is 0 Å². The molecule has 7 heteroatoms. The standard InChI is InChI=1S/C20H23ClN4O2/c1-4-5-10-22-15-7-6-14(16(21)11-15)12-25-13(2)23-17-8-9-18(20(26)27-3)24-19(17)25/h6-9,11,22H,4-5,10,12H2,1-3H3. The van der Waals surface area contributed by atoms with Crippen molar-refractivity contribution in [1.82, 2.24) is 14.5 Å². The number of nitrogens with zero attached hydrogens (tertiary/aromatic N) is 3. The number of unbranched alkanes of at least 4 members (excludes halogenated alkanes) is 1. The molecule has 2 heterocycles. The minimum Gasteiger partial charge on any atom is -0.464 e. The number of nitrogens with one attached hydrogen (secondary N) is 1. The molecule has 0 saturated heterocycles. The Labute approximate surface area is 163 Å². The number of hydrogen-bond acceptors (Lipinski definition) is 5. The van der Waals surface area contributed by atoms with Gasteiger partial charge in [-0.05, 0) is 43.2 Å². The van der Waals surface area contributed by atoms with E-state index in [0.29, 0.717) is 17.2 Å². The zero-order valence-electron chi connectivity index (χ0n) is 15.8. The number of carbonyl (C=O) groups excluding carboxylic acids is 1. The van der Waals surface area contributed by atoms with E-state index in [-0.39, 0.29) is 5.69 Å². The van der Waals surface area contributed by atoms with Crippen molar-refractivity contribution in [1.29, 1.82) is 0 Å². The monoisotopic (exact) mass is 386 g/mol. The molecule has 0 aliphatic carbocycles. The SMILES string of the molecule is CCCCNc1ccc(Cn2c(C)nc3ccc(C(=O)OC)nc32)c(Cl)c1. The Hall–Kier alpha value is -2.60. The molecule has 3 rings (SSSR count). The Kier molecular flexibility index (Phi) is 5.96. The maximum Gasteiger partial charge on any atom is 0.356 e. The fourth-order valence-electron chi connectivity index (χ4n) is 2.89. The summed E-state index contributed by atoms with van der Waals surface area (Å²) >= 11 is 6.50. The fourth-order valence-corrected chi connectivity index (χ4v) is 3.13. The quantitative estimate of drug-likeness (QED) is 0.480. The van der Waals surface area contributed by atoms with E-state index in [1.54, 1.807) is 12.1 Å². The summed E-state index contributed by atoms with van der Waals surface area (Å²) in [6.07, 6.45) is 2.26. The second-order valence-electron chi connectivity index (χ2n) is 6.36. The number of fused-ring (bicyclic) bond motifs is 1. The molecule has 0 fully saturated rings. The number of aryl methyl sites for hydroxylation is 1. The summed E-state index contributed by atoms with van der Waals surface area (Å²) in [7, 11) is 1.34. The topological polar surface area (TPSA) is 69.0 Å². The van der Waals surface area contributed by atoms with Gasteiger partial charge in [0.25, 0.3) is 0 Å². The van der Waals surface area contributed by atoms with E-state index in [4.69, 9.17) is 16.3 Å². The van der Waals surface area contributed by atoms with Crippen molar-refractivity contribution < 1.29 is 9.53 Å². The van der Waals surface area contributed by atoms with Crippen LogP contribution in [0.3, 0.4) is 0 Å². The van der Waals surface area contributed by atoms with Gasteiger partial charge in [0.05, 0.1) is 13.7 Å². The first-order chi connectivity index (χ1) is 13.0. The molecule has 0 saturated carbocycles. The molecule has 6 nitrogen and oxygen atoms in total. The number of anilines is 1. The Bertz CT molecular complexity index is 968. The van der Waals surface area contributed by atoms with Gasteiger partial charge in [0, 0.05) is 17.3 Å². The summed E-state index contributed by atoms with van der Waals surface area (Å²) < 4.78 is 6.72. The molecule has 0 atom stereocenters. The molecule has 0 unspecified atom stereocenters. The molecule has 142 valence electrons. The average Bonchev–Trinajstić information content (AvgIpc) is 2.98. The van der Waals surface area contributed by atoms with E-state index in [1.807, 2.05) is 29.7 Å². The minimum atomic E-state index is -0.470. The molecule has 0 aliphatic rings. The van der Waals surface area contributed by atoms with Gasteiger partial charge < -0.3 is 14.6 Å². The van der Waals surface area contributed by atoms with Gasteiger partial charge in [-0.2, -0.15) is 0 Å². The van der Waals surface area contributed by atoms with E-state index < -0.39 is 5.97 Å². The van der Waals surface area contributed by atoms with Crippen LogP contribution in [0.2, 0.25) is 5.02 Å². The fraction of sp³-hybridized carbons (Fsp3) is 0.350. The molecule has 27 heavy (non-hydrogen) atoms. The number of pyridine rings is 1. The van der Waals surface area contributed by atoms with Gasteiger partial charge in [0.15, 0.2) is 11.3 Å². The van der Waals surface area contributed by atoms with Crippen molar-refractivity contribution in [2.45, 2.75) is 33.2 Å². The lowest BCUT2D eigenvalue weighted by molar-refractivity contribution is 0.0594. The molecular weight excluding hydrogens is 364 g/mol. The number of imidazole rings is 1. The van der Waals surface area contributed by atoms with Crippen LogP contribution in [0, 0.1) is 6.92 Å². The molecule has 0 bridgehead atoms. The van der Waals surface area contributed by atoms with E-state index >= 15 is 0 Å². The van der Waals surface area contributed by atoms with Crippen LogP contribution in [0.4, 0.5) is 5.69 Å². The maximum atomic E-state index is 11.8. The largest absolute Gasteiger partial charge is 0.464 e. The molecule has 1 N–H and O–H groups in total. The molecule has 0 aliphatic heterocycles. The molecule has 0 spiro atoms. The number of halogens is 1. The van der Waals surface area contributed by atoms with Crippen LogP contribution in [0.15, 0.2) is 30.3 Å². The normalized spacial score (nSPS) is 11.0. The summed E-state index contributed by atoms with van der Waals surface area (Å²) in [5, 5.41) is 4.05. The Balaban J connectivity index is 1.89. The number of ether oxygens (including phenoxy) is 1. The van der Waals surface area contributed by atoms with Gasteiger partial charge >= 0.3 is 5.97 Å². The van der Waals surface area contributed by atoms with Gasteiger partial charge in [-0.3, -0.25) is 0 Å². The van der Waals surface area contributed by atoms with Gasteiger partial charge in [0.1, 0.15) is 11.3 Å². The maximum absolute atomic E-state index is 11.8. The highest BCUT2D eigenvalue weighted by Gasteiger charge is 2.15. The molecular formula is C20H23ClN4O2. The summed E-state index contributed by atoms with van der Waals surface area (Å²) in [6, 6.07) is 9.37. The van der Waals surface area contributed by atoms with Crippen LogP contribution in [0.1, 0.15) is 41.6 Å². The molecule has 3 aromatic rings. The third-order valence-corrected chi connectivity index (χ3v) is 4.77. The summed E-state index contributed by atoms with van der Waals surface area (Å²) in [4.78, 5) is 20.7. The van der Waals surface area contributed by atoms with E-state index in [1.165, 1.54) is 7.11 Å². The summed E-state index contributed by atoms with van der Waals surface area (Å²) in [5.74, 6) is 0.337. The van der Waals surface area contributed by atoms with Crippen LogP contribution in [-0.2, 0) is 11.3 Å². The summed E-state index contributed by atoms with van der Waals surface area (Å²) in [6.45, 7) is 5.52. The number of hydrogen-bond donors (Lipinski definition) is 1. The van der Waals surface area contributed by atoms with E-state index in [9.17, 15) is 4.79 Å².